The molecule has 0 spiro atoms. The van der Waals surface area contributed by atoms with Crippen molar-refractivity contribution in [2.24, 2.45) is 0 Å². The van der Waals surface area contributed by atoms with Crippen molar-refractivity contribution in [3.8, 4) is 18.8 Å². The molecule has 0 aliphatic heterocycles. The first kappa shape index (κ1) is 43.3. The molecule has 0 rings (SSSR count). The monoisotopic (exact) mass is 344 g/mol. The van der Waals surface area contributed by atoms with Gasteiger partial charge in [-0.1, -0.05) is 12.8 Å². The molecule has 9 heteroatoms. The van der Waals surface area contributed by atoms with Gasteiger partial charge >= 0.3 is 29.6 Å². The maximum atomic E-state index is 9.46. The van der Waals surface area contributed by atoms with Crippen molar-refractivity contribution in [2.45, 2.75) is 33.2 Å². The average molecular weight is 344 g/mol. The molecule has 0 aliphatic carbocycles. The van der Waals surface area contributed by atoms with Crippen LogP contribution in [0.5, 0.6) is 0 Å². The van der Waals surface area contributed by atoms with E-state index in [-0.39, 0.29) is 54.3 Å². The second-order valence-electron chi connectivity index (χ2n) is 3.27. The third kappa shape index (κ3) is 264. The fraction of sp³-hybridized carbons (Fsp3) is 0.429. The fourth-order valence-corrected chi connectivity index (χ4v) is 0.107. The number of carbonyl (C=O) groups is 2. The van der Waals surface area contributed by atoms with Crippen molar-refractivity contribution >= 4 is 47.9 Å². The number of halogens is 1. The Hall–Kier alpha value is -0.395. The fourth-order valence-electron chi connectivity index (χ4n) is 0.107. The van der Waals surface area contributed by atoms with Crippen LogP contribution in [0.2, 0.25) is 0 Å². The van der Waals surface area contributed by atoms with Gasteiger partial charge in [0.05, 0.1) is 11.2 Å². The van der Waals surface area contributed by atoms with E-state index < -0.39 is 5.50 Å². The van der Waals surface area contributed by atoms with Crippen LogP contribution in [0.1, 0.15) is 27.7 Å². The molecule has 2 N–H and O–H groups in total. The standard InChI is InChI=1S/2C4H5BO.C2H3BO.C2H6O.C2H.ClH.Na/c1-4(5)2-3-6;1-3-4(2,5)6;1-2(3)4;1-2-3;1-2;;/h2-3H,1H3;1,6H,2H3;1H3;3H,2H2,1H3;1H;1H;/q;;;;-1;;+1/b4-2-;;;;;;. The minimum Gasteiger partial charge on any atom is -0.697 e. The van der Waals surface area contributed by atoms with Crippen molar-refractivity contribution < 1.29 is 49.4 Å². The molecule has 118 valence electrons. The first-order valence-electron chi connectivity index (χ1n) is 5.50. The zero-order valence-corrected chi connectivity index (χ0v) is 17.2. The molecule has 0 aromatic rings. The summed E-state index contributed by atoms with van der Waals surface area (Å²) in [6, 6.07) is 0. The molecule has 0 aliphatic rings. The summed E-state index contributed by atoms with van der Waals surface area (Å²) in [5.41, 5.74) is -1.22. The number of aliphatic hydroxyl groups is 2. The molecule has 0 amide bonds. The summed E-state index contributed by atoms with van der Waals surface area (Å²) in [5.74, 6) is 1.94. The van der Waals surface area contributed by atoms with Crippen LogP contribution in [-0.4, -0.2) is 57.8 Å². The number of hydrogen-bond donors (Lipinski definition) is 2. The minimum atomic E-state index is -1.43. The summed E-state index contributed by atoms with van der Waals surface area (Å²) < 4.78 is 0. The topological polar surface area (TPSA) is 74.6 Å². The van der Waals surface area contributed by atoms with Gasteiger partial charge in [0.15, 0.2) is 7.85 Å². The Bertz CT molecular complexity index is 327. The number of carbonyl (C=O) groups excluding carboxylic acids is 2. The van der Waals surface area contributed by atoms with Gasteiger partial charge in [-0.2, -0.15) is 0 Å². The van der Waals surface area contributed by atoms with E-state index >= 15 is 0 Å². The summed E-state index contributed by atoms with van der Waals surface area (Å²) in [4.78, 5) is 18.7. The van der Waals surface area contributed by atoms with Gasteiger partial charge < -0.3 is 27.9 Å². The zero-order chi connectivity index (χ0) is 18.5. The third-order valence-corrected chi connectivity index (χ3v) is 0.623. The number of terminal acetylenes is 2. The number of aliphatic hydroxyl groups excluding tert-OH is 1. The second kappa shape index (κ2) is 37.7. The Morgan fingerprint density at radius 2 is 1.52 bits per heavy atom. The predicted octanol–water partition coefficient (Wildman–Crippen LogP) is -2.91. The van der Waals surface area contributed by atoms with E-state index in [0.29, 0.717) is 11.8 Å². The van der Waals surface area contributed by atoms with Gasteiger partial charge in [0.2, 0.25) is 0 Å². The second-order valence-corrected chi connectivity index (χ2v) is 3.27. The first-order chi connectivity index (χ1) is 9.48. The molecule has 0 saturated heterocycles. The molecule has 1 unspecified atom stereocenters. The molecule has 0 saturated carbocycles. The SMILES string of the molecule is CCO.Cl.[B]/C(C)=C\C=O.[B]C(C)(O)C#C.[B]C(C)=O.[C-]#C.[Na+]. The van der Waals surface area contributed by atoms with Crippen molar-refractivity contribution in [3.05, 3.63) is 18.0 Å². The van der Waals surface area contributed by atoms with Crippen LogP contribution in [0.25, 0.3) is 0 Å². The van der Waals surface area contributed by atoms with E-state index in [1.54, 1.807) is 13.8 Å². The Morgan fingerprint density at radius 3 is 1.52 bits per heavy atom. The molecule has 0 heterocycles. The summed E-state index contributed by atoms with van der Waals surface area (Å²) in [7, 11) is 14.4. The normalized spacial score (nSPS) is 9.61. The molecular formula is C14H21B3ClNaO4. The van der Waals surface area contributed by atoms with Crippen LogP contribution in [-0.2, 0) is 9.59 Å². The Morgan fingerprint density at radius 1 is 1.35 bits per heavy atom. The molecule has 0 bridgehead atoms. The van der Waals surface area contributed by atoms with Crippen LogP contribution in [0.3, 0.4) is 0 Å². The largest absolute Gasteiger partial charge is 1.00 e. The van der Waals surface area contributed by atoms with Gasteiger partial charge in [-0.25, -0.2) is 0 Å². The van der Waals surface area contributed by atoms with Crippen molar-refractivity contribution in [1.29, 1.82) is 0 Å². The summed E-state index contributed by atoms with van der Waals surface area (Å²) in [5, 5.41) is 15.9. The van der Waals surface area contributed by atoms with E-state index in [2.05, 4.69) is 20.7 Å². The van der Waals surface area contributed by atoms with E-state index in [4.69, 9.17) is 32.3 Å². The van der Waals surface area contributed by atoms with Gasteiger partial charge in [-0.3, -0.25) is 4.79 Å². The maximum absolute atomic E-state index is 9.46. The van der Waals surface area contributed by atoms with Crippen LogP contribution >= 0.6 is 12.4 Å². The van der Waals surface area contributed by atoms with Gasteiger partial charge in [0.1, 0.15) is 22.0 Å². The molecule has 0 fully saturated rings. The molecular weight excluding hydrogens is 323 g/mol. The van der Waals surface area contributed by atoms with Gasteiger partial charge in [-0.05, 0) is 26.8 Å². The summed E-state index contributed by atoms with van der Waals surface area (Å²) >= 11 is 0. The molecule has 0 aromatic carbocycles. The number of hydrogen-bond acceptors (Lipinski definition) is 4. The maximum Gasteiger partial charge on any atom is 1.00 e. The van der Waals surface area contributed by atoms with E-state index in [1.807, 2.05) is 5.92 Å². The molecule has 4 nitrogen and oxygen atoms in total. The van der Waals surface area contributed by atoms with Crippen LogP contribution in [0, 0.1) is 25.2 Å². The van der Waals surface area contributed by atoms with E-state index in [1.165, 1.54) is 19.9 Å². The van der Waals surface area contributed by atoms with Crippen LogP contribution < -0.4 is 29.6 Å². The number of allylic oxidation sites excluding steroid dienone is 2. The number of aldehydes is 1. The van der Waals surface area contributed by atoms with Crippen LogP contribution in [0.4, 0.5) is 0 Å². The number of rotatable bonds is 1. The van der Waals surface area contributed by atoms with Crippen LogP contribution in [0.15, 0.2) is 11.5 Å². The smallest absolute Gasteiger partial charge is 0.697 e. The third-order valence-electron chi connectivity index (χ3n) is 0.623. The first-order valence-corrected chi connectivity index (χ1v) is 5.50. The van der Waals surface area contributed by atoms with Gasteiger partial charge in [0, 0.05) is 6.61 Å². The summed E-state index contributed by atoms with van der Waals surface area (Å²) in [6.45, 7) is 6.24. The Balaban J connectivity index is -0.0000000286. The average Bonchev–Trinajstić information content (AvgIpc) is 2.31. The molecule has 1 atom stereocenters. The minimum absolute atomic E-state index is 0. The van der Waals surface area contributed by atoms with Gasteiger partial charge in [0.25, 0.3) is 0 Å². The van der Waals surface area contributed by atoms with E-state index in [9.17, 15) is 9.59 Å². The van der Waals surface area contributed by atoms with Crippen molar-refractivity contribution in [3.63, 3.8) is 0 Å². The quantitative estimate of drug-likeness (QED) is 0.176. The predicted molar refractivity (Wildman–Crippen MR) is 95.4 cm³/mol. The molecule has 23 heavy (non-hydrogen) atoms. The van der Waals surface area contributed by atoms with E-state index in [0.717, 1.165) is 0 Å². The van der Waals surface area contributed by atoms with Crippen molar-refractivity contribution in [2.75, 3.05) is 6.61 Å². The Kier molecular flexibility index (Phi) is 71.0. The Labute approximate surface area is 173 Å². The molecule has 0 aromatic heterocycles. The van der Waals surface area contributed by atoms with Crippen molar-refractivity contribution in [1.82, 2.24) is 0 Å². The summed E-state index contributed by atoms with van der Waals surface area (Å²) in [6.07, 6.45) is 15.6. The van der Waals surface area contributed by atoms with Gasteiger partial charge in [-0.15, -0.1) is 24.3 Å². The zero-order valence-electron chi connectivity index (χ0n) is 14.4. The molecule has 6 radical (unpaired) electrons.